The highest BCUT2D eigenvalue weighted by Crippen LogP contribution is 2.27. The molecular formula is C10H18O. The first-order valence-electron chi connectivity index (χ1n) is 4.32. The molecule has 0 aliphatic heterocycles. The summed E-state index contributed by atoms with van der Waals surface area (Å²) in [5.74, 6) is 0.273. The van der Waals surface area contributed by atoms with Crippen molar-refractivity contribution in [2.75, 3.05) is 0 Å². The summed E-state index contributed by atoms with van der Waals surface area (Å²) in [5.41, 5.74) is 0.258. The lowest BCUT2D eigenvalue weighted by molar-refractivity contribution is -0.115. The van der Waals surface area contributed by atoms with Gasteiger partial charge >= 0.3 is 0 Å². The summed E-state index contributed by atoms with van der Waals surface area (Å²) >= 11 is 0. The summed E-state index contributed by atoms with van der Waals surface area (Å²) in [7, 11) is 0. The summed E-state index contributed by atoms with van der Waals surface area (Å²) < 4.78 is 0. The van der Waals surface area contributed by atoms with Gasteiger partial charge < -0.3 is 0 Å². The maximum atomic E-state index is 10.7. The van der Waals surface area contributed by atoms with E-state index in [9.17, 15) is 4.79 Å². The molecule has 1 rings (SSSR count). The maximum Gasteiger partial charge on any atom is 0.155 e. The fourth-order valence-corrected chi connectivity index (χ4v) is 0.931. The van der Waals surface area contributed by atoms with E-state index in [1.807, 2.05) is 19.9 Å². The average molecular weight is 154 g/mol. The van der Waals surface area contributed by atoms with E-state index in [1.54, 1.807) is 6.08 Å². The molecule has 0 heterocycles. The standard InChI is InChI=1S/C8H12O.C2H6/c1-8(2)5-3-7(9)4-6-8;1-2/h3,5H,4,6H2,1-2H3;1-2H3. The van der Waals surface area contributed by atoms with E-state index in [-0.39, 0.29) is 11.2 Å². The molecule has 1 aliphatic carbocycles. The molecule has 11 heavy (non-hydrogen) atoms. The molecule has 1 nitrogen and oxygen atoms in total. The highest BCUT2D eigenvalue weighted by atomic mass is 16.1. The lowest BCUT2D eigenvalue weighted by atomic mass is 9.83. The van der Waals surface area contributed by atoms with Crippen molar-refractivity contribution in [3.05, 3.63) is 12.2 Å². The molecule has 0 spiro atoms. The van der Waals surface area contributed by atoms with Crippen LogP contribution in [0.2, 0.25) is 0 Å². The third-order valence-electron chi connectivity index (χ3n) is 1.74. The monoisotopic (exact) mass is 154 g/mol. The van der Waals surface area contributed by atoms with E-state index in [0.29, 0.717) is 0 Å². The first kappa shape index (κ1) is 10.4. The molecular weight excluding hydrogens is 136 g/mol. The van der Waals surface area contributed by atoms with E-state index < -0.39 is 0 Å². The molecule has 0 radical (unpaired) electrons. The predicted octanol–water partition coefficient (Wildman–Crippen LogP) is 2.96. The van der Waals surface area contributed by atoms with E-state index in [0.717, 1.165) is 12.8 Å². The molecule has 0 aromatic heterocycles. The lowest BCUT2D eigenvalue weighted by Gasteiger charge is -2.22. The minimum atomic E-state index is 0.258. The van der Waals surface area contributed by atoms with Crippen LogP contribution in [0.5, 0.6) is 0 Å². The Morgan fingerprint density at radius 3 is 2.18 bits per heavy atom. The fraction of sp³-hybridized carbons (Fsp3) is 0.700. The number of carbonyl (C=O) groups excluding carboxylic acids is 1. The van der Waals surface area contributed by atoms with Crippen molar-refractivity contribution in [2.24, 2.45) is 5.41 Å². The minimum Gasteiger partial charge on any atom is -0.295 e. The average Bonchev–Trinajstić information content (AvgIpc) is 2.00. The molecule has 0 bridgehead atoms. The zero-order valence-electron chi connectivity index (χ0n) is 7.98. The number of carbonyl (C=O) groups is 1. The SMILES string of the molecule is CC.CC1(C)C=CC(=O)CC1. The Morgan fingerprint density at radius 2 is 1.91 bits per heavy atom. The summed E-state index contributed by atoms with van der Waals surface area (Å²) in [4.78, 5) is 10.7. The van der Waals surface area contributed by atoms with Crippen LogP contribution in [0.4, 0.5) is 0 Å². The highest BCUT2D eigenvalue weighted by molar-refractivity contribution is 5.90. The minimum absolute atomic E-state index is 0.258. The summed E-state index contributed by atoms with van der Waals surface area (Å²) in [5, 5.41) is 0. The van der Waals surface area contributed by atoms with Crippen LogP contribution in [0, 0.1) is 5.41 Å². The van der Waals surface area contributed by atoms with Crippen LogP contribution in [-0.4, -0.2) is 5.78 Å². The fourth-order valence-electron chi connectivity index (χ4n) is 0.931. The van der Waals surface area contributed by atoms with Crippen LogP contribution in [0.15, 0.2) is 12.2 Å². The molecule has 0 saturated carbocycles. The predicted molar refractivity (Wildman–Crippen MR) is 48.5 cm³/mol. The van der Waals surface area contributed by atoms with Gasteiger partial charge in [-0.3, -0.25) is 4.79 Å². The smallest absolute Gasteiger partial charge is 0.155 e. The van der Waals surface area contributed by atoms with E-state index in [1.165, 1.54) is 0 Å². The second-order valence-electron chi connectivity index (χ2n) is 3.29. The van der Waals surface area contributed by atoms with Crippen LogP contribution in [0.3, 0.4) is 0 Å². The second kappa shape index (κ2) is 4.32. The number of allylic oxidation sites excluding steroid dienone is 2. The number of ketones is 1. The highest BCUT2D eigenvalue weighted by Gasteiger charge is 2.18. The molecule has 0 aromatic carbocycles. The van der Waals surface area contributed by atoms with Gasteiger partial charge in [0.05, 0.1) is 0 Å². The Balaban J connectivity index is 0.000000461. The molecule has 0 unspecified atom stereocenters. The van der Waals surface area contributed by atoms with Crippen molar-refractivity contribution < 1.29 is 4.79 Å². The van der Waals surface area contributed by atoms with Gasteiger partial charge in [-0.1, -0.05) is 33.8 Å². The Kier molecular flexibility index (Phi) is 4.09. The largest absolute Gasteiger partial charge is 0.295 e. The lowest BCUT2D eigenvalue weighted by Crippen LogP contribution is -2.14. The quantitative estimate of drug-likeness (QED) is 0.524. The van der Waals surface area contributed by atoms with Crippen molar-refractivity contribution in [1.29, 1.82) is 0 Å². The van der Waals surface area contributed by atoms with E-state index in [2.05, 4.69) is 13.8 Å². The Hall–Kier alpha value is -0.590. The third kappa shape index (κ3) is 3.97. The van der Waals surface area contributed by atoms with Crippen molar-refractivity contribution in [3.8, 4) is 0 Å². The van der Waals surface area contributed by atoms with E-state index in [4.69, 9.17) is 0 Å². The Bertz CT molecular complexity index is 154. The molecule has 0 saturated heterocycles. The number of rotatable bonds is 0. The van der Waals surface area contributed by atoms with Gasteiger partial charge in [-0.2, -0.15) is 0 Å². The van der Waals surface area contributed by atoms with Gasteiger partial charge in [0.2, 0.25) is 0 Å². The van der Waals surface area contributed by atoms with Gasteiger partial charge in [0.1, 0.15) is 0 Å². The maximum absolute atomic E-state index is 10.7. The summed E-state index contributed by atoms with van der Waals surface area (Å²) in [6.45, 7) is 8.30. The first-order chi connectivity index (χ1) is 5.10. The van der Waals surface area contributed by atoms with Crippen molar-refractivity contribution in [3.63, 3.8) is 0 Å². The first-order valence-corrected chi connectivity index (χ1v) is 4.32. The molecule has 1 aliphatic rings. The van der Waals surface area contributed by atoms with Crippen LogP contribution in [-0.2, 0) is 4.79 Å². The topological polar surface area (TPSA) is 17.1 Å². The summed E-state index contributed by atoms with van der Waals surface area (Å²) in [6, 6.07) is 0. The van der Waals surface area contributed by atoms with Crippen LogP contribution < -0.4 is 0 Å². The van der Waals surface area contributed by atoms with E-state index >= 15 is 0 Å². The zero-order valence-corrected chi connectivity index (χ0v) is 7.98. The summed E-state index contributed by atoms with van der Waals surface area (Å²) in [6.07, 6.45) is 5.42. The van der Waals surface area contributed by atoms with Crippen molar-refractivity contribution in [2.45, 2.75) is 40.5 Å². The van der Waals surface area contributed by atoms with Gasteiger partial charge in [-0.15, -0.1) is 0 Å². The van der Waals surface area contributed by atoms with Gasteiger partial charge in [0.25, 0.3) is 0 Å². The molecule has 0 fully saturated rings. The van der Waals surface area contributed by atoms with Crippen LogP contribution >= 0.6 is 0 Å². The van der Waals surface area contributed by atoms with Gasteiger partial charge in [0.15, 0.2) is 5.78 Å². The number of hydrogen-bond donors (Lipinski definition) is 0. The molecule has 0 amide bonds. The molecule has 0 N–H and O–H groups in total. The second-order valence-corrected chi connectivity index (χ2v) is 3.29. The molecule has 1 heteroatoms. The Morgan fingerprint density at radius 1 is 1.36 bits per heavy atom. The van der Waals surface area contributed by atoms with Crippen LogP contribution in [0.25, 0.3) is 0 Å². The van der Waals surface area contributed by atoms with Gasteiger partial charge in [0, 0.05) is 6.42 Å². The van der Waals surface area contributed by atoms with Gasteiger partial charge in [-0.05, 0) is 17.9 Å². The normalized spacial score (nSPS) is 20.5. The van der Waals surface area contributed by atoms with Crippen LogP contribution in [0.1, 0.15) is 40.5 Å². The third-order valence-corrected chi connectivity index (χ3v) is 1.74. The van der Waals surface area contributed by atoms with Crippen molar-refractivity contribution in [1.82, 2.24) is 0 Å². The number of hydrogen-bond acceptors (Lipinski definition) is 1. The zero-order chi connectivity index (χ0) is 8.91. The molecule has 64 valence electrons. The molecule has 0 atom stereocenters. The van der Waals surface area contributed by atoms with Crippen molar-refractivity contribution >= 4 is 5.78 Å². The van der Waals surface area contributed by atoms with Gasteiger partial charge in [-0.25, -0.2) is 0 Å². The Labute approximate surface area is 69.5 Å². The molecule has 0 aromatic rings.